The summed E-state index contributed by atoms with van der Waals surface area (Å²) >= 11 is 0. The molecule has 0 aliphatic carbocycles. The molecule has 0 unspecified atom stereocenters. The molecule has 0 amide bonds. The summed E-state index contributed by atoms with van der Waals surface area (Å²) in [6.45, 7) is 3.89. The van der Waals surface area contributed by atoms with Crippen molar-refractivity contribution in [2.75, 3.05) is 12.4 Å². The largest absolute Gasteiger partial charge is 0.372 e. The molecule has 0 fully saturated rings. The first-order valence-electron chi connectivity index (χ1n) is 6.02. The Bertz CT molecular complexity index is 746. The van der Waals surface area contributed by atoms with Crippen molar-refractivity contribution in [1.82, 2.24) is 24.7 Å². The molecule has 19 heavy (non-hydrogen) atoms. The molecule has 0 aromatic carbocycles. The van der Waals surface area contributed by atoms with Crippen LogP contribution in [0.1, 0.15) is 11.4 Å². The molecule has 3 aromatic heterocycles. The minimum absolute atomic E-state index is 0.700. The SMILES string of the molecule is CNc1nc(C)nc2c1cnn2-c1cc(C)ccn1. The van der Waals surface area contributed by atoms with E-state index in [1.807, 2.05) is 33.0 Å². The van der Waals surface area contributed by atoms with E-state index in [0.717, 1.165) is 28.2 Å². The van der Waals surface area contributed by atoms with E-state index in [2.05, 4.69) is 25.4 Å². The van der Waals surface area contributed by atoms with Gasteiger partial charge in [-0.05, 0) is 31.5 Å². The Balaban J connectivity index is 2.28. The quantitative estimate of drug-likeness (QED) is 0.756. The first kappa shape index (κ1) is 11.6. The van der Waals surface area contributed by atoms with E-state index < -0.39 is 0 Å². The van der Waals surface area contributed by atoms with Crippen LogP contribution in [0, 0.1) is 13.8 Å². The Morgan fingerprint density at radius 3 is 2.79 bits per heavy atom. The van der Waals surface area contributed by atoms with E-state index in [1.54, 1.807) is 17.1 Å². The van der Waals surface area contributed by atoms with E-state index in [9.17, 15) is 0 Å². The fourth-order valence-corrected chi connectivity index (χ4v) is 2.01. The molecule has 6 nitrogen and oxygen atoms in total. The topological polar surface area (TPSA) is 68.5 Å². The summed E-state index contributed by atoms with van der Waals surface area (Å²) in [5.74, 6) is 2.24. The fraction of sp³-hybridized carbons (Fsp3) is 0.231. The van der Waals surface area contributed by atoms with Gasteiger partial charge in [0, 0.05) is 13.2 Å². The Morgan fingerprint density at radius 1 is 1.21 bits per heavy atom. The van der Waals surface area contributed by atoms with Crippen molar-refractivity contribution >= 4 is 16.9 Å². The lowest BCUT2D eigenvalue weighted by Gasteiger charge is -2.05. The maximum atomic E-state index is 4.46. The van der Waals surface area contributed by atoms with Crippen LogP contribution in [0.5, 0.6) is 0 Å². The van der Waals surface area contributed by atoms with Crippen LogP contribution in [0.2, 0.25) is 0 Å². The predicted molar refractivity (Wildman–Crippen MR) is 73.5 cm³/mol. The van der Waals surface area contributed by atoms with E-state index in [4.69, 9.17) is 0 Å². The summed E-state index contributed by atoms with van der Waals surface area (Å²) in [6.07, 6.45) is 3.52. The second-order valence-corrected chi connectivity index (χ2v) is 4.35. The van der Waals surface area contributed by atoms with Gasteiger partial charge in [-0.2, -0.15) is 9.78 Å². The summed E-state index contributed by atoms with van der Waals surface area (Å²) in [5, 5.41) is 8.32. The van der Waals surface area contributed by atoms with Crippen molar-refractivity contribution in [2.24, 2.45) is 0 Å². The molecule has 1 N–H and O–H groups in total. The maximum Gasteiger partial charge on any atom is 0.170 e. The number of fused-ring (bicyclic) bond motifs is 1. The standard InChI is InChI=1S/C13H14N6/c1-8-4-5-15-11(6-8)19-13-10(7-16-19)12(14-3)17-9(2)18-13/h4-7H,1-3H3,(H,14,17,18). The number of hydrogen-bond acceptors (Lipinski definition) is 5. The number of aromatic nitrogens is 5. The van der Waals surface area contributed by atoms with Gasteiger partial charge in [-0.3, -0.25) is 0 Å². The van der Waals surface area contributed by atoms with Crippen molar-refractivity contribution in [1.29, 1.82) is 0 Å². The van der Waals surface area contributed by atoms with E-state index in [1.165, 1.54) is 0 Å². The van der Waals surface area contributed by atoms with Crippen molar-refractivity contribution in [3.8, 4) is 5.82 Å². The Hall–Kier alpha value is -2.50. The van der Waals surface area contributed by atoms with Crippen molar-refractivity contribution < 1.29 is 0 Å². The van der Waals surface area contributed by atoms with Gasteiger partial charge in [0.15, 0.2) is 11.5 Å². The summed E-state index contributed by atoms with van der Waals surface area (Å²) in [5.41, 5.74) is 1.89. The van der Waals surface area contributed by atoms with Crippen molar-refractivity contribution in [3.63, 3.8) is 0 Å². The lowest BCUT2D eigenvalue weighted by Crippen LogP contribution is -2.03. The van der Waals surface area contributed by atoms with Gasteiger partial charge in [0.2, 0.25) is 0 Å². The highest BCUT2D eigenvalue weighted by atomic mass is 15.3. The number of aryl methyl sites for hydroxylation is 2. The average molecular weight is 254 g/mol. The number of nitrogens with zero attached hydrogens (tertiary/aromatic N) is 5. The smallest absolute Gasteiger partial charge is 0.170 e. The van der Waals surface area contributed by atoms with Crippen LogP contribution >= 0.6 is 0 Å². The third-order valence-corrected chi connectivity index (χ3v) is 2.90. The molecule has 0 atom stereocenters. The van der Waals surface area contributed by atoms with Gasteiger partial charge in [-0.1, -0.05) is 0 Å². The van der Waals surface area contributed by atoms with Crippen LogP contribution in [0.25, 0.3) is 16.9 Å². The van der Waals surface area contributed by atoms with E-state index in [0.29, 0.717) is 5.82 Å². The third kappa shape index (κ3) is 1.91. The Labute approximate surface area is 110 Å². The molecular weight excluding hydrogens is 240 g/mol. The average Bonchev–Trinajstić information content (AvgIpc) is 2.81. The molecule has 0 aliphatic rings. The first-order chi connectivity index (χ1) is 9.19. The maximum absolute atomic E-state index is 4.46. The normalized spacial score (nSPS) is 10.9. The molecule has 3 aromatic rings. The lowest BCUT2D eigenvalue weighted by atomic mass is 10.3. The molecule has 3 rings (SSSR count). The van der Waals surface area contributed by atoms with Crippen LogP contribution < -0.4 is 5.32 Å². The van der Waals surface area contributed by atoms with Crippen LogP contribution in [0.15, 0.2) is 24.5 Å². The summed E-state index contributed by atoms with van der Waals surface area (Å²) in [4.78, 5) is 13.1. The molecule has 0 spiro atoms. The van der Waals surface area contributed by atoms with Crippen molar-refractivity contribution in [3.05, 3.63) is 35.9 Å². The third-order valence-electron chi connectivity index (χ3n) is 2.90. The highest BCUT2D eigenvalue weighted by Crippen LogP contribution is 2.21. The molecule has 0 aliphatic heterocycles. The van der Waals surface area contributed by atoms with E-state index in [-0.39, 0.29) is 0 Å². The zero-order chi connectivity index (χ0) is 13.4. The fourth-order valence-electron chi connectivity index (χ4n) is 2.01. The number of nitrogens with one attached hydrogen (secondary N) is 1. The van der Waals surface area contributed by atoms with Gasteiger partial charge in [-0.15, -0.1) is 0 Å². The second-order valence-electron chi connectivity index (χ2n) is 4.35. The van der Waals surface area contributed by atoms with E-state index >= 15 is 0 Å². The van der Waals surface area contributed by atoms with Gasteiger partial charge >= 0.3 is 0 Å². The lowest BCUT2D eigenvalue weighted by molar-refractivity contribution is 0.856. The van der Waals surface area contributed by atoms with Gasteiger partial charge in [0.05, 0.1) is 11.6 Å². The zero-order valence-electron chi connectivity index (χ0n) is 11.0. The number of rotatable bonds is 2. The number of hydrogen-bond donors (Lipinski definition) is 1. The minimum Gasteiger partial charge on any atom is -0.372 e. The van der Waals surface area contributed by atoms with Crippen LogP contribution in [-0.2, 0) is 0 Å². The van der Waals surface area contributed by atoms with Crippen LogP contribution in [0.4, 0.5) is 5.82 Å². The molecule has 0 radical (unpaired) electrons. The minimum atomic E-state index is 0.700. The Kier molecular flexibility index (Phi) is 2.63. The molecule has 0 saturated heterocycles. The van der Waals surface area contributed by atoms with Gasteiger partial charge in [0.1, 0.15) is 11.6 Å². The Morgan fingerprint density at radius 2 is 2.05 bits per heavy atom. The summed E-state index contributed by atoms with van der Waals surface area (Å²) in [6, 6.07) is 3.93. The van der Waals surface area contributed by atoms with Crippen LogP contribution in [0.3, 0.4) is 0 Å². The molecular formula is C13H14N6. The number of anilines is 1. The van der Waals surface area contributed by atoms with Gasteiger partial charge in [-0.25, -0.2) is 15.0 Å². The van der Waals surface area contributed by atoms with Gasteiger partial charge in [0.25, 0.3) is 0 Å². The summed E-state index contributed by atoms with van der Waals surface area (Å²) in [7, 11) is 1.84. The first-order valence-corrected chi connectivity index (χ1v) is 6.02. The van der Waals surface area contributed by atoms with Crippen molar-refractivity contribution in [2.45, 2.75) is 13.8 Å². The highest BCUT2D eigenvalue weighted by molar-refractivity contribution is 5.87. The monoisotopic (exact) mass is 254 g/mol. The second kappa shape index (κ2) is 4.31. The highest BCUT2D eigenvalue weighted by Gasteiger charge is 2.12. The molecule has 96 valence electrons. The van der Waals surface area contributed by atoms with Crippen LogP contribution in [-0.4, -0.2) is 31.8 Å². The predicted octanol–water partition coefficient (Wildman–Crippen LogP) is 1.87. The van der Waals surface area contributed by atoms with Gasteiger partial charge < -0.3 is 5.32 Å². The zero-order valence-corrected chi connectivity index (χ0v) is 11.0. The molecule has 0 bridgehead atoms. The molecule has 0 saturated carbocycles. The molecule has 6 heteroatoms. The summed E-state index contributed by atoms with van der Waals surface area (Å²) < 4.78 is 1.73. The number of pyridine rings is 1. The molecule has 3 heterocycles.